The predicted octanol–water partition coefficient (Wildman–Crippen LogP) is 1.49. The molecule has 0 saturated carbocycles. The topological polar surface area (TPSA) is 24.5 Å². The van der Waals surface area contributed by atoms with Crippen molar-refractivity contribution < 1.29 is 4.74 Å². The molecule has 0 radical (unpaired) electrons. The first kappa shape index (κ1) is 12.9. The summed E-state index contributed by atoms with van der Waals surface area (Å²) in [6.07, 6.45) is 5.22. The number of ether oxygens (including phenoxy) is 1. The van der Waals surface area contributed by atoms with Gasteiger partial charge in [-0.05, 0) is 52.2 Å². The summed E-state index contributed by atoms with van der Waals surface area (Å²) in [6.45, 7) is 9.96. The van der Waals surface area contributed by atoms with Gasteiger partial charge >= 0.3 is 0 Å². The Kier molecular flexibility index (Phi) is 7.88. The lowest BCUT2D eigenvalue weighted by Crippen LogP contribution is -2.30. The molecule has 0 spiro atoms. The highest BCUT2D eigenvalue weighted by molar-refractivity contribution is 4.66. The van der Waals surface area contributed by atoms with Crippen LogP contribution in [0.4, 0.5) is 0 Å². The maximum Gasteiger partial charge on any atom is 0.0466 e. The van der Waals surface area contributed by atoms with Crippen LogP contribution in [0.25, 0.3) is 0 Å². The molecule has 3 heteroatoms. The molecule has 1 aliphatic heterocycles. The molecule has 90 valence electrons. The van der Waals surface area contributed by atoms with Crippen LogP contribution in [-0.2, 0) is 4.74 Å². The second kappa shape index (κ2) is 9.13. The summed E-state index contributed by atoms with van der Waals surface area (Å²) in [5.41, 5.74) is 0. The molecule has 0 amide bonds. The molecule has 3 nitrogen and oxygen atoms in total. The van der Waals surface area contributed by atoms with E-state index in [1.54, 1.807) is 0 Å². The molecule has 15 heavy (non-hydrogen) atoms. The van der Waals surface area contributed by atoms with Crippen LogP contribution in [0.2, 0.25) is 0 Å². The molecule has 0 aromatic rings. The Balaban J connectivity index is 1.73. The van der Waals surface area contributed by atoms with Crippen LogP contribution in [0, 0.1) is 0 Å². The van der Waals surface area contributed by atoms with E-state index >= 15 is 0 Å². The van der Waals surface area contributed by atoms with Gasteiger partial charge in [0.2, 0.25) is 0 Å². The molecule has 1 heterocycles. The number of hydrogen-bond donors (Lipinski definition) is 1. The minimum atomic E-state index is 0.850. The van der Waals surface area contributed by atoms with Crippen molar-refractivity contribution in [2.75, 3.05) is 45.9 Å². The molecule has 0 aromatic heterocycles. The number of nitrogens with zero attached hydrogens (tertiary/aromatic N) is 1. The van der Waals surface area contributed by atoms with E-state index in [0.29, 0.717) is 0 Å². The van der Waals surface area contributed by atoms with Crippen LogP contribution in [-0.4, -0.2) is 50.8 Å². The first-order chi connectivity index (χ1) is 7.43. The quantitative estimate of drug-likeness (QED) is 0.589. The molecular formula is C12H26N2O. The van der Waals surface area contributed by atoms with Crippen LogP contribution in [0.5, 0.6) is 0 Å². The van der Waals surface area contributed by atoms with Crippen LogP contribution in [0.3, 0.4) is 0 Å². The summed E-state index contributed by atoms with van der Waals surface area (Å²) >= 11 is 0. The normalized spacial score (nSPS) is 17.4. The van der Waals surface area contributed by atoms with Gasteiger partial charge in [0.25, 0.3) is 0 Å². The third-order valence-corrected chi connectivity index (χ3v) is 2.90. The Hall–Kier alpha value is -0.120. The van der Waals surface area contributed by atoms with Crippen LogP contribution >= 0.6 is 0 Å². The molecule has 1 saturated heterocycles. The van der Waals surface area contributed by atoms with E-state index in [1.807, 2.05) is 6.92 Å². The Labute approximate surface area is 94.2 Å². The van der Waals surface area contributed by atoms with Gasteiger partial charge in [0.1, 0.15) is 0 Å². The standard InChI is InChI=1S/C12H26N2O/c1-2-15-12-6-3-7-13-8-11-14-9-4-5-10-14/h13H,2-12H2,1H3. The van der Waals surface area contributed by atoms with E-state index in [2.05, 4.69) is 10.2 Å². The SMILES string of the molecule is CCOCCCCNCCN1CCCC1. The lowest BCUT2D eigenvalue weighted by Gasteiger charge is -2.14. The minimum absolute atomic E-state index is 0.850. The van der Waals surface area contributed by atoms with Gasteiger partial charge < -0.3 is 15.0 Å². The van der Waals surface area contributed by atoms with E-state index in [4.69, 9.17) is 4.74 Å². The smallest absolute Gasteiger partial charge is 0.0466 e. The molecule has 0 aromatic carbocycles. The first-order valence-corrected chi connectivity index (χ1v) is 6.44. The zero-order valence-electron chi connectivity index (χ0n) is 10.1. The number of hydrogen-bond acceptors (Lipinski definition) is 3. The van der Waals surface area contributed by atoms with E-state index in [9.17, 15) is 0 Å². The summed E-state index contributed by atoms with van der Waals surface area (Å²) in [5, 5.41) is 3.49. The first-order valence-electron chi connectivity index (χ1n) is 6.44. The van der Waals surface area contributed by atoms with Gasteiger partial charge in [-0.2, -0.15) is 0 Å². The number of likely N-dealkylation sites (tertiary alicyclic amines) is 1. The molecule has 1 fully saturated rings. The molecule has 0 bridgehead atoms. The number of nitrogens with one attached hydrogen (secondary N) is 1. The predicted molar refractivity (Wildman–Crippen MR) is 64.3 cm³/mol. The summed E-state index contributed by atoms with van der Waals surface area (Å²) in [4.78, 5) is 2.55. The van der Waals surface area contributed by atoms with Crippen LogP contribution < -0.4 is 5.32 Å². The highest BCUT2D eigenvalue weighted by Crippen LogP contribution is 2.05. The minimum Gasteiger partial charge on any atom is -0.382 e. The average molecular weight is 214 g/mol. The summed E-state index contributed by atoms with van der Waals surface area (Å²) in [5.74, 6) is 0. The summed E-state index contributed by atoms with van der Waals surface area (Å²) < 4.78 is 5.29. The Morgan fingerprint density at radius 2 is 1.93 bits per heavy atom. The Bertz CT molecular complexity index is 136. The fourth-order valence-corrected chi connectivity index (χ4v) is 1.97. The fraction of sp³-hybridized carbons (Fsp3) is 1.00. The van der Waals surface area contributed by atoms with E-state index in [-0.39, 0.29) is 0 Å². The third kappa shape index (κ3) is 6.88. The van der Waals surface area contributed by atoms with E-state index < -0.39 is 0 Å². The van der Waals surface area contributed by atoms with E-state index in [1.165, 1.54) is 45.3 Å². The largest absolute Gasteiger partial charge is 0.382 e. The van der Waals surface area contributed by atoms with Gasteiger partial charge in [-0.25, -0.2) is 0 Å². The third-order valence-electron chi connectivity index (χ3n) is 2.90. The molecule has 0 unspecified atom stereocenters. The molecule has 0 aliphatic carbocycles. The average Bonchev–Trinajstić information content (AvgIpc) is 2.75. The van der Waals surface area contributed by atoms with Crippen LogP contribution in [0.15, 0.2) is 0 Å². The van der Waals surface area contributed by atoms with E-state index in [0.717, 1.165) is 26.3 Å². The highest BCUT2D eigenvalue weighted by Gasteiger charge is 2.09. The maximum atomic E-state index is 5.29. The molecule has 1 rings (SSSR count). The van der Waals surface area contributed by atoms with Crippen molar-refractivity contribution in [2.24, 2.45) is 0 Å². The van der Waals surface area contributed by atoms with Crippen molar-refractivity contribution >= 4 is 0 Å². The van der Waals surface area contributed by atoms with Crippen molar-refractivity contribution in [1.29, 1.82) is 0 Å². The van der Waals surface area contributed by atoms with Gasteiger partial charge in [-0.15, -0.1) is 0 Å². The molecule has 0 atom stereocenters. The van der Waals surface area contributed by atoms with Crippen molar-refractivity contribution in [3.05, 3.63) is 0 Å². The van der Waals surface area contributed by atoms with Gasteiger partial charge in [0.15, 0.2) is 0 Å². The van der Waals surface area contributed by atoms with Crippen molar-refractivity contribution in [2.45, 2.75) is 32.6 Å². The monoisotopic (exact) mass is 214 g/mol. The lowest BCUT2D eigenvalue weighted by atomic mass is 10.3. The summed E-state index contributed by atoms with van der Waals surface area (Å²) in [7, 11) is 0. The van der Waals surface area contributed by atoms with Crippen LogP contribution in [0.1, 0.15) is 32.6 Å². The molecule has 1 aliphatic rings. The van der Waals surface area contributed by atoms with Crippen molar-refractivity contribution in [3.8, 4) is 0 Å². The zero-order valence-corrected chi connectivity index (χ0v) is 10.1. The highest BCUT2D eigenvalue weighted by atomic mass is 16.5. The van der Waals surface area contributed by atoms with Crippen molar-refractivity contribution in [1.82, 2.24) is 10.2 Å². The lowest BCUT2D eigenvalue weighted by molar-refractivity contribution is 0.143. The second-order valence-electron chi connectivity index (χ2n) is 4.20. The van der Waals surface area contributed by atoms with Gasteiger partial charge in [-0.1, -0.05) is 0 Å². The zero-order chi connectivity index (χ0) is 10.8. The Morgan fingerprint density at radius 1 is 1.13 bits per heavy atom. The Morgan fingerprint density at radius 3 is 2.67 bits per heavy atom. The van der Waals surface area contributed by atoms with Gasteiger partial charge in [0, 0.05) is 26.3 Å². The maximum absolute atomic E-state index is 5.29. The fourth-order valence-electron chi connectivity index (χ4n) is 1.97. The van der Waals surface area contributed by atoms with Crippen molar-refractivity contribution in [3.63, 3.8) is 0 Å². The second-order valence-corrected chi connectivity index (χ2v) is 4.20. The molecule has 1 N–H and O–H groups in total. The molecular weight excluding hydrogens is 188 g/mol. The van der Waals surface area contributed by atoms with Gasteiger partial charge in [0.05, 0.1) is 0 Å². The summed E-state index contributed by atoms with van der Waals surface area (Å²) in [6, 6.07) is 0. The number of unbranched alkanes of at least 4 members (excludes halogenated alkanes) is 1. The number of rotatable bonds is 9. The van der Waals surface area contributed by atoms with Gasteiger partial charge in [-0.3, -0.25) is 0 Å².